The average molecular weight is 470 g/mol. The van der Waals surface area contributed by atoms with Crippen LogP contribution in [0.2, 0.25) is 0 Å². The molecule has 1 aromatic heterocycles. The summed E-state index contributed by atoms with van der Waals surface area (Å²) < 4.78 is 0. The second kappa shape index (κ2) is 10.1. The van der Waals surface area contributed by atoms with Crippen LogP contribution in [0, 0.1) is 22.7 Å². The molecule has 0 bridgehead atoms. The van der Waals surface area contributed by atoms with E-state index in [0.29, 0.717) is 22.9 Å². The maximum atomic E-state index is 12.9. The molecule has 170 valence electrons. The van der Waals surface area contributed by atoms with Gasteiger partial charge in [0.1, 0.15) is 11.1 Å². The van der Waals surface area contributed by atoms with Crippen molar-refractivity contribution >= 4 is 45.6 Å². The lowest BCUT2D eigenvalue weighted by Crippen LogP contribution is -2.22. The minimum Gasteiger partial charge on any atom is -0.326 e. The number of amides is 2. The summed E-state index contributed by atoms with van der Waals surface area (Å²) in [6.45, 7) is 10.2. The van der Waals surface area contributed by atoms with Crippen molar-refractivity contribution in [1.29, 1.82) is 5.26 Å². The molecule has 2 N–H and O–H groups in total. The molecule has 32 heavy (non-hydrogen) atoms. The van der Waals surface area contributed by atoms with Gasteiger partial charge in [0, 0.05) is 21.9 Å². The smallest absolute Gasteiger partial charge is 0.238 e. The van der Waals surface area contributed by atoms with Crippen molar-refractivity contribution in [3.63, 3.8) is 0 Å². The van der Waals surface area contributed by atoms with Gasteiger partial charge in [-0.1, -0.05) is 33.8 Å². The third kappa shape index (κ3) is 6.36. The van der Waals surface area contributed by atoms with Gasteiger partial charge in [0.25, 0.3) is 0 Å². The first-order chi connectivity index (χ1) is 15.1. The topological polar surface area (TPSA) is 82.0 Å². The molecule has 0 spiro atoms. The molecule has 0 saturated carbocycles. The minimum absolute atomic E-state index is 0.0227. The van der Waals surface area contributed by atoms with Crippen LogP contribution >= 0.6 is 23.1 Å². The molecule has 0 saturated heterocycles. The normalized spacial score (nSPS) is 16.6. The summed E-state index contributed by atoms with van der Waals surface area (Å²) in [6.07, 6.45) is 3.40. The SMILES string of the molecule is CC1CCc2c(sc(NC(=O)C(C)Sc3cccc(NC(=O)CC(C)(C)C)c3)c2C#N)C1. The van der Waals surface area contributed by atoms with Crippen LogP contribution < -0.4 is 10.6 Å². The third-order valence-electron chi connectivity index (χ3n) is 5.35. The molecule has 2 atom stereocenters. The first kappa shape index (κ1) is 24.3. The van der Waals surface area contributed by atoms with Crippen molar-refractivity contribution in [2.45, 2.75) is 70.4 Å². The van der Waals surface area contributed by atoms with Crippen molar-refractivity contribution in [2.24, 2.45) is 11.3 Å². The van der Waals surface area contributed by atoms with E-state index in [2.05, 4.69) is 23.6 Å². The van der Waals surface area contributed by atoms with Gasteiger partial charge in [-0.05, 0) is 61.3 Å². The molecule has 2 aromatic rings. The van der Waals surface area contributed by atoms with E-state index in [1.165, 1.54) is 16.6 Å². The van der Waals surface area contributed by atoms with Crippen molar-refractivity contribution in [1.82, 2.24) is 0 Å². The molecule has 0 aliphatic heterocycles. The highest BCUT2D eigenvalue weighted by molar-refractivity contribution is 8.00. The first-order valence-corrected chi connectivity index (χ1v) is 12.7. The van der Waals surface area contributed by atoms with Crippen LogP contribution in [0.3, 0.4) is 0 Å². The van der Waals surface area contributed by atoms with Crippen molar-refractivity contribution < 1.29 is 9.59 Å². The first-order valence-electron chi connectivity index (χ1n) is 11.0. The molecule has 1 heterocycles. The lowest BCUT2D eigenvalue weighted by molar-refractivity contribution is -0.118. The number of carbonyl (C=O) groups is 2. The van der Waals surface area contributed by atoms with Gasteiger partial charge >= 0.3 is 0 Å². The molecule has 1 aliphatic rings. The number of anilines is 2. The molecule has 1 aromatic carbocycles. The second-order valence-electron chi connectivity index (χ2n) is 9.73. The van der Waals surface area contributed by atoms with Gasteiger partial charge in [0.15, 0.2) is 0 Å². The van der Waals surface area contributed by atoms with Gasteiger partial charge in [-0.2, -0.15) is 5.26 Å². The predicted octanol–water partition coefficient (Wildman–Crippen LogP) is 6.24. The van der Waals surface area contributed by atoms with Crippen LogP contribution in [0.25, 0.3) is 0 Å². The highest BCUT2D eigenvalue weighted by Crippen LogP contribution is 2.39. The van der Waals surface area contributed by atoms with Crippen LogP contribution in [0.1, 0.15) is 63.5 Å². The van der Waals surface area contributed by atoms with E-state index in [-0.39, 0.29) is 22.5 Å². The Hall–Kier alpha value is -2.30. The lowest BCUT2D eigenvalue weighted by atomic mass is 9.89. The number of nitrogens with zero attached hydrogens (tertiary/aromatic N) is 1. The Morgan fingerprint density at radius 1 is 1.31 bits per heavy atom. The van der Waals surface area contributed by atoms with E-state index < -0.39 is 0 Å². The molecule has 3 rings (SSSR count). The number of nitriles is 1. The Kier molecular flexibility index (Phi) is 7.68. The fraction of sp³-hybridized carbons (Fsp3) is 0.480. The third-order valence-corrected chi connectivity index (χ3v) is 7.61. The zero-order chi connectivity index (χ0) is 23.5. The van der Waals surface area contributed by atoms with Gasteiger partial charge in [-0.15, -0.1) is 23.1 Å². The summed E-state index contributed by atoms with van der Waals surface area (Å²) in [5.74, 6) is 0.465. The van der Waals surface area contributed by atoms with Crippen LogP contribution in [0.4, 0.5) is 10.7 Å². The summed E-state index contributed by atoms with van der Waals surface area (Å²) in [4.78, 5) is 27.2. The van der Waals surface area contributed by atoms with E-state index in [9.17, 15) is 14.9 Å². The number of thiophene rings is 1. The van der Waals surface area contributed by atoms with E-state index >= 15 is 0 Å². The molecule has 5 nitrogen and oxygen atoms in total. The fourth-order valence-electron chi connectivity index (χ4n) is 3.76. The van der Waals surface area contributed by atoms with Crippen LogP contribution in [0.5, 0.6) is 0 Å². The number of benzene rings is 1. The van der Waals surface area contributed by atoms with Gasteiger partial charge < -0.3 is 10.6 Å². The Balaban J connectivity index is 1.64. The monoisotopic (exact) mass is 469 g/mol. The van der Waals surface area contributed by atoms with Crippen molar-refractivity contribution in [3.05, 3.63) is 40.3 Å². The lowest BCUT2D eigenvalue weighted by Gasteiger charge is -2.17. The number of hydrogen-bond donors (Lipinski definition) is 2. The number of fused-ring (bicyclic) bond motifs is 1. The summed E-state index contributed by atoms with van der Waals surface area (Å²) in [5.41, 5.74) is 2.39. The molecule has 0 fully saturated rings. The Labute approximate surface area is 199 Å². The van der Waals surface area contributed by atoms with Gasteiger partial charge in [-0.25, -0.2) is 0 Å². The minimum atomic E-state index is -0.347. The quantitative estimate of drug-likeness (QED) is 0.491. The van der Waals surface area contributed by atoms with E-state index in [0.717, 1.165) is 35.4 Å². The Bertz CT molecular complexity index is 1050. The number of nitrogens with one attached hydrogen (secondary N) is 2. The summed E-state index contributed by atoms with van der Waals surface area (Å²) in [5, 5.41) is 15.9. The summed E-state index contributed by atoms with van der Waals surface area (Å²) in [6, 6.07) is 9.85. The molecule has 2 amide bonds. The second-order valence-corrected chi connectivity index (χ2v) is 12.2. The van der Waals surface area contributed by atoms with Gasteiger partial charge in [0.2, 0.25) is 11.8 Å². The van der Waals surface area contributed by atoms with E-state index in [1.54, 1.807) is 11.3 Å². The molecular weight excluding hydrogens is 438 g/mol. The molecule has 0 radical (unpaired) electrons. The van der Waals surface area contributed by atoms with Crippen molar-refractivity contribution in [2.75, 3.05) is 10.6 Å². The Morgan fingerprint density at radius 3 is 2.75 bits per heavy atom. The molecule has 7 heteroatoms. The molecular formula is C25H31N3O2S2. The highest BCUT2D eigenvalue weighted by Gasteiger charge is 2.26. The zero-order valence-electron chi connectivity index (χ0n) is 19.4. The fourth-order valence-corrected chi connectivity index (χ4v) is 6.05. The predicted molar refractivity (Wildman–Crippen MR) is 133 cm³/mol. The highest BCUT2D eigenvalue weighted by atomic mass is 32.2. The van der Waals surface area contributed by atoms with Gasteiger partial charge in [-0.3, -0.25) is 9.59 Å². The largest absolute Gasteiger partial charge is 0.326 e. The van der Waals surface area contributed by atoms with Gasteiger partial charge in [0.05, 0.1) is 10.8 Å². The molecule has 1 aliphatic carbocycles. The molecule has 2 unspecified atom stereocenters. The van der Waals surface area contributed by atoms with Crippen molar-refractivity contribution in [3.8, 4) is 6.07 Å². The van der Waals surface area contributed by atoms with E-state index in [1.807, 2.05) is 52.0 Å². The zero-order valence-corrected chi connectivity index (χ0v) is 21.0. The number of rotatable bonds is 6. The van der Waals surface area contributed by atoms with Crippen LogP contribution in [0.15, 0.2) is 29.2 Å². The van der Waals surface area contributed by atoms with E-state index in [4.69, 9.17) is 0 Å². The van der Waals surface area contributed by atoms with Crippen LogP contribution in [-0.4, -0.2) is 17.1 Å². The summed E-state index contributed by atoms with van der Waals surface area (Å²) in [7, 11) is 0. The number of thioether (sulfide) groups is 1. The number of carbonyl (C=O) groups excluding carboxylic acids is 2. The average Bonchev–Trinajstić information content (AvgIpc) is 3.02. The number of hydrogen-bond acceptors (Lipinski definition) is 5. The standard InChI is InChI=1S/C25H31N3O2S2/c1-15-9-10-19-20(14-26)24(32-21(19)11-15)28-23(30)16(2)31-18-8-6-7-17(12-18)27-22(29)13-25(3,4)5/h6-8,12,15-16H,9-11,13H2,1-5H3,(H,27,29)(H,28,30). The maximum absolute atomic E-state index is 12.9. The Morgan fingerprint density at radius 2 is 2.06 bits per heavy atom. The maximum Gasteiger partial charge on any atom is 0.238 e. The van der Waals surface area contributed by atoms with Crippen LogP contribution in [-0.2, 0) is 22.4 Å². The summed E-state index contributed by atoms with van der Waals surface area (Å²) >= 11 is 2.98.